The number of aliphatic hydroxyl groups is 5. The minimum atomic E-state index is -5.40. The average molecular weight is 1070 g/mol. The molecule has 0 aromatic heterocycles. The fraction of sp³-hybridized carbons (Fsp3) is 0.630. The van der Waals surface area contributed by atoms with Crippen LogP contribution in [0.25, 0.3) is 0 Å². The van der Waals surface area contributed by atoms with Crippen LogP contribution in [0.5, 0.6) is 0 Å². The molecule has 19 heteroatoms. The zero-order valence-electron chi connectivity index (χ0n) is 43.1. The first kappa shape index (κ1) is 67.6. The van der Waals surface area contributed by atoms with Gasteiger partial charge < -0.3 is 49.7 Å². The molecule has 1 saturated carbocycles. The minimum Gasteiger partial charge on any atom is -0.462 e. The van der Waals surface area contributed by atoms with Crippen molar-refractivity contribution in [2.45, 2.75) is 204 Å². The van der Waals surface area contributed by atoms with E-state index in [1.54, 1.807) is 12.2 Å². The van der Waals surface area contributed by atoms with Crippen LogP contribution in [0.2, 0.25) is 0 Å². The van der Waals surface area contributed by atoms with E-state index >= 15 is 0 Å². The summed E-state index contributed by atoms with van der Waals surface area (Å²) < 4.78 is 49.3. The second-order valence-electron chi connectivity index (χ2n) is 17.7. The van der Waals surface area contributed by atoms with Crippen molar-refractivity contribution >= 4 is 27.6 Å². The van der Waals surface area contributed by atoms with Gasteiger partial charge in [0.15, 0.2) is 6.10 Å². The maximum Gasteiger partial charge on any atom is 0.472 e. The van der Waals surface area contributed by atoms with Crippen molar-refractivity contribution in [1.29, 1.82) is 0 Å². The van der Waals surface area contributed by atoms with Crippen LogP contribution in [0, 0.1) is 0 Å². The molecule has 6 unspecified atom stereocenters. The number of aliphatic hydroxyl groups excluding tert-OH is 5. The molecule has 1 rings (SSSR count). The standard InChI is InChI=1S/C54H88O17P2/c1-3-5-7-9-11-13-15-17-19-21-22-23-24-26-28-30-32-34-36-38-40-47(56)67-43-46(44-68-73(65,66)71-54-51(60)49(58)50(59)53(52(54)61)70-72(62,63)64)69-48(57)42-41-45(55)39-37-35-33-31-29-27-25-20-18-16-14-12-10-8-6-4-2/h6,8,12-15,18-21,23-24,27,29,33,35,37,39,45-46,49-55,58-61H,3-5,7,9-11,16-17,22,25-26,28,30-32,34,36,38,40-44H2,1-2H3,(H,65,66)(H2,62,63,64)/b8-6-,14-12-,15-13-,20-18-,21-19-,24-23-,29-27-,35-33-,39-37-/t45?,46-,49?,50?,51?,52?,53-,54+/m1/s1. The lowest BCUT2D eigenvalue weighted by molar-refractivity contribution is -0.216. The van der Waals surface area contributed by atoms with E-state index in [1.165, 1.54) is 31.8 Å². The fourth-order valence-corrected chi connectivity index (χ4v) is 8.68. The summed E-state index contributed by atoms with van der Waals surface area (Å²) in [5, 5.41) is 51.8. The maximum absolute atomic E-state index is 13.0. The molecule has 1 aliphatic rings. The van der Waals surface area contributed by atoms with E-state index in [9.17, 15) is 58.9 Å². The van der Waals surface area contributed by atoms with Crippen LogP contribution in [0.15, 0.2) is 109 Å². The van der Waals surface area contributed by atoms with Gasteiger partial charge in [0, 0.05) is 12.8 Å². The first-order valence-electron chi connectivity index (χ1n) is 26.0. The van der Waals surface area contributed by atoms with Crippen molar-refractivity contribution in [3.8, 4) is 0 Å². The summed E-state index contributed by atoms with van der Waals surface area (Å²) in [6.45, 7) is 2.77. The normalized spacial score (nSPS) is 21.9. The smallest absolute Gasteiger partial charge is 0.462 e. The molecule has 0 bridgehead atoms. The first-order valence-corrected chi connectivity index (χ1v) is 29.1. The molecule has 73 heavy (non-hydrogen) atoms. The number of phosphoric ester groups is 2. The molecule has 1 aliphatic carbocycles. The third-order valence-corrected chi connectivity index (χ3v) is 12.7. The Bertz CT molecular complexity index is 1830. The Balaban J connectivity index is 2.66. The van der Waals surface area contributed by atoms with Gasteiger partial charge in [-0.15, -0.1) is 0 Å². The van der Waals surface area contributed by atoms with Gasteiger partial charge >= 0.3 is 27.6 Å². The van der Waals surface area contributed by atoms with Gasteiger partial charge in [-0.2, -0.15) is 0 Å². The van der Waals surface area contributed by atoms with E-state index < -0.39 is 89.6 Å². The molecule has 0 aliphatic heterocycles. The summed E-state index contributed by atoms with van der Waals surface area (Å²) in [5.41, 5.74) is 0. The molecule has 8 N–H and O–H groups in total. The lowest BCUT2D eigenvalue weighted by atomic mass is 9.85. The number of phosphoric acid groups is 2. The molecule has 0 radical (unpaired) electrons. The Morgan fingerprint density at radius 1 is 0.521 bits per heavy atom. The van der Waals surface area contributed by atoms with Crippen molar-refractivity contribution in [1.82, 2.24) is 0 Å². The third-order valence-electron chi connectivity index (χ3n) is 11.2. The molecule has 0 saturated heterocycles. The van der Waals surface area contributed by atoms with Crippen molar-refractivity contribution in [2.75, 3.05) is 13.2 Å². The second-order valence-corrected chi connectivity index (χ2v) is 20.3. The number of esters is 2. The van der Waals surface area contributed by atoms with Crippen molar-refractivity contribution in [2.24, 2.45) is 0 Å². The zero-order valence-corrected chi connectivity index (χ0v) is 44.9. The summed E-state index contributed by atoms with van der Waals surface area (Å²) in [5.74, 6) is -1.51. The molecule has 1 fully saturated rings. The van der Waals surface area contributed by atoms with Gasteiger partial charge in [0.2, 0.25) is 0 Å². The van der Waals surface area contributed by atoms with E-state index in [-0.39, 0.29) is 19.3 Å². The van der Waals surface area contributed by atoms with Gasteiger partial charge in [-0.3, -0.25) is 23.2 Å². The van der Waals surface area contributed by atoms with Crippen molar-refractivity contribution < 1.29 is 82.0 Å². The van der Waals surface area contributed by atoms with Crippen LogP contribution in [0.3, 0.4) is 0 Å². The van der Waals surface area contributed by atoms with Crippen molar-refractivity contribution in [3.05, 3.63) is 109 Å². The molecule has 0 heterocycles. The van der Waals surface area contributed by atoms with E-state index in [0.29, 0.717) is 12.8 Å². The zero-order chi connectivity index (χ0) is 54.0. The highest BCUT2D eigenvalue weighted by Crippen LogP contribution is 2.49. The Morgan fingerprint density at radius 3 is 1.53 bits per heavy atom. The Hall–Kier alpha value is -3.38. The summed E-state index contributed by atoms with van der Waals surface area (Å²) in [6, 6.07) is 0. The van der Waals surface area contributed by atoms with Gasteiger partial charge in [0.1, 0.15) is 43.2 Å². The monoisotopic (exact) mass is 1070 g/mol. The number of unbranched alkanes of at least 4 members (excludes halogenated alkanes) is 10. The second kappa shape index (κ2) is 42.8. The molecule has 0 spiro atoms. The van der Waals surface area contributed by atoms with E-state index in [2.05, 4.69) is 97.4 Å². The lowest BCUT2D eigenvalue weighted by Gasteiger charge is -2.43. The molecule has 9 atom stereocenters. The van der Waals surface area contributed by atoms with Crippen LogP contribution in [0.4, 0.5) is 0 Å². The fourth-order valence-electron chi connectivity index (χ4n) is 7.14. The van der Waals surface area contributed by atoms with Crippen LogP contribution in [-0.2, 0) is 41.8 Å². The number of hydrogen-bond donors (Lipinski definition) is 8. The number of hydrogen-bond acceptors (Lipinski definition) is 14. The maximum atomic E-state index is 13.0. The minimum absolute atomic E-state index is 0.0496. The Kier molecular flexibility index (Phi) is 39.7. The van der Waals surface area contributed by atoms with Gasteiger partial charge in [-0.25, -0.2) is 9.13 Å². The molecular formula is C54H88O17P2. The quantitative estimate of drug-likeness (QED) is 0.00928. The van der Waals surface area contributed by atoms with Gasteiger partial charge in [0.05, 0.1) is 12.7 Å². The Labute approximate surface area is 434 Å². The predicted octanol–water partition coefficient (Wildman–Crippen LogP) is 9.87. The predicted molar refractivity (Wildman–Crippen MR) is 284 cm³/mol. The topological polar surface area (TPSA) is 276 Å². The highest BCUT2D eigenvalue weighted by molar-refractivity contribution is 7.47. The summed E-state index contributed by atoms with van der Waals surface area (Å²) in [4.78, 5) is 54.5. The molecule has 416 valence electrons. The summed E-state index contributed by atoms with van der Waals surface area (Å²) in [6.07, 6.45) is 39.1. The van der Waals surface area contributed by atoms with Crippen LogP contribution in [-0.4, -0.2) is 114 Å². The summed E-state index contributed by atoms with van der Waals surface area (Å²) >= 11 is 0. The first-order chi connectivity index (χ1) is 35.0. The van der Waals surface area contributed by atoms with E-state index in [4.69, 9.17) is 18.5 Å². The molecule has 17 nitrogen and oxygen atoms in total. The van der Waals surface area contributed by atoms with Gasteiger partial charge in [-0.05, 0) is 83.5 Å². The third kappa shape index (κ3) is 37.1. The van der Waals surface area contributed by atoms with Crippen molar-refractivity contribution in [3.63, 3.8) is 0 Å². The Morgan fingerprint density at radius 2 is 1.00 bits per heavy atom. The van der Waals surface area contributed by atoms with Crippen LogP contribution in [0.1, 0.15) is 155 Å². The SMILES string of the molecule is CC/C=C\C/C=C\C/C=C\C/C=C\C/C=C\C=C/C(O)CCC(=O)O[C@H](COC(=O)CCCCCCCC/C=C\C/C=C\C/C=C\CCCCCC)COP(=O)(O)O[C@H]1C(O)C(O)C(O)[C@@H](OP(=O)(O)O)C1O. The number of ether oxygens (including phenoxy) is 2. The van der Waals surface area contributed by atoms with E-state index in [1.807, 2.05) is 12.2 Å². The van der Waals surface area contributed by atoms with Gasteiger partial charge in [-0.1, -0.05) is 168 Å². The molecule has 0 amide bonds. The van der Waals surface area contributed by atoms with E-state index in [0.717, 1.165) is 83.5 Å². The number of carbonyl (C=O) groups excluding carboxylic acids is 2. The van der Waals surface area contributed by atoms with Crippen LogP contribution < -0.4 is 0 Å². The largest absolute Gasteiger partial charge is 0.472 e. The number of rotatable bonds is 42. The highest BCUT2D eigenvalue weighted by atomic mass is 31.2. The number of carbonyl (C=O) groups is 2. The number of allylic oxidation sites excluding steroid dienone is 17. The average Bonchev–Trinajstić information content (AvgIpc) is 3.35. The lowest BCUT2D eigenvalue weighted by Crippen LogP contribution is -2.64. The molecular weight excluding hydrogens is 983 g/mol. The highest BCUT2D eigenvalue weighted by Gasteiger charge is 2.54. The molecule has 0 aromatic carbocycles. The molecule has 0 aromatic rings. The summed E-state index contributed by atoms with van der Waals surface area (Å²) in [7, 11) is -10.8. The van der Waals surface area contributed by atoms with Gasteiger partial charge in [0.25, 0.3) is 0 Å². The van der Waals surface area contributed by atoms with Crippen LogP contribution >= 0.6 is 15.6 Å².